The lowest BCUT2D eigenvalue weighted by Crippen LogP contribution is -2.24. The van der Waals surface area contributed by atoms with Crippen molar-refractivity contribution in [1.29, 1.82) is 0 Å². The molecule has 334 valence electrons. The number of esters is 2. The minimum absolute atomic E-state index is 0. The number of halogens is 1. The number of rotatable bonds is 13. The van der Waals surface area contributed by atoms with Crippen molar-refractivity contribution < 1.29 is 23.8 Å². The van der Waals surface area contributed by atoms with E-state index >= 15 is 0 Å². The van der Waals surface area contributed by atoms with E-state index in [1.54, 1.807) is 30.7 Å². The standard InChI is InChI=1S/C29H29N3O2S.C16H21N3O2S.C4H8O.ClH/c1-5-34-25(33)19-29(3,4)24-18-23(16-17-30-24)27-20(2)31-28(35-27)32-26(21-12-8-6-9-13-21)22-14-10-7-11-15-22;1-5-21-13(20)9-16(3,4)12-8-11(6-7-18-12)14-10(2)19-15(17)22-14;1-2-4-5-3-1;/h6-18H,5,19H2,1-4H3;6-8H,5,9H2,1-4H3,(H2,17,19);1-4H2;1H. The van der Waals surface area contributed by atoms with Gasteiger partial charge in [-0.05, 0) is 75.9 Å². The number of thiazole rings is 2. The number of hydrogen-bond acceptors (Lipinski definition) is 13. The highest BCUT2D eigenvalue weighted by Crippen LogP contribution is 2.38. The van der Waals surface area contributed by atoms with Crippen LogP contribution in [0.2, 0.25) is 0 Å². The first-order chi connectivity index (χ1) is 29.7. The van der Waals surface area contributed by atoms with Gasteiger partial charge in [-0.3, -0.25) is 19.6 Å². The van der Waals surface area contributed by atoms with Gasteiger partial charge in [-0.1, -0.05) is 111 Å². The Hall–Kier alpha value is -5.34. The van der Waals surface area contributed by atoms with Crippen LogP contribution in [0.3, 0.4) is 0 Å². The van der Waals surface area contributed by atoms with E-state index in [1.807, 2.05) is 109 Å². The molecule has 63 heavy (non-hydrogen) atoms. The summed E-state index contributed by atoms with van der Waals surface area (Å²) in [6.45, 7) is 18.3. The largest absolute Gasteiger partial charge is 0.466 e. The van der Waals surface area contributed by atoms with Crippen LogP contribution < -0.4 is 5.73 Å². The molecule has 0 saturated carbocycles. The van der Waals surface area contributed by atoms with Crippen LogP contribution in [0.1, 0.15) is 101 Å². The molecule has 0 amide bonds. The van der Waals surface area contributed by atoms with Crippen molar-refractivity contribution in [2.24, 2.45) is 4.99 Å². The van der Waals surface area contributed by atoms with Gasteiger partial charge in [0, 0.05) is 59.0 Å². The summed E-state index contributed by atoms with van der Waals surface area (Å²) in [4.78, 5) is 49.0. The number of nitrogens with zero attached hydrogens (tertiary/aromatic N) is 5. The van der Waals surface area contributed by atoms with Crippen molar-refractivity contribution in [3.63, 3.8) is 0 Å². The molecule has 0 radical (unpaired) electrons. The number of hydrogen-bond donors (Lipinski definition) is 1. The fraction of sp³-hybridized carbons (Fsp3) is 0.367. The number of aliphatic imine (C=N–C) groups is 1. The molecule has 7 rings (SSSR count). The number of aryl methyl sites for hydroxylation is 2. The summed E-state index contributed by atoms with van der Waals surface area (Å²) in [6.07, 6.45) is 6.67. The summed E-state index contributed by atoms with van der Waals surface area (Å²) < 4.78 is 15.1. The van der Waals surface area contributed by atoms with Crippen molar-refractivity contribution >= 4 is 63.0 Å². The molecule has 1 aliphatic heterocycles. The van der Waals surface area contributed by atoms with Crippen molar-refractivity contribution in [3.8, 4) is 20.9 Å². The number of aromatic nitrogens is 4. The third-order valence-corrected chi connectivity index (χ3v) is 12.1. The lowest BCUT2D eigenvalue weighted by Gasteiger charge is -2.23. The first-order valence-electron chi connectivity index (χ1n) is 20.9. The van der Waals surface area contributed by atoms with Gasteiger partial charge >= 0.3 is 11.9 Å². The number of benzene rings is 2. The van der Waals surface area contributed by atoms with Crippen LogP contribution in [0.5, 0.6) is 0 Å². The van der Waals surface area contributed by atoms with Gasteiger partial charge in [0.05, 0.1) is 52.9 Å². The van der Waals surface area contributed by atoms with E-state index in [0.717, 1.165) is 73.7 Å². The van der Waals surface area contributed by atoms with Crippen LogP contribution in [-0.2, 0) is 34.6 Å². The topological polar surface area (TPSA) is 152 Å². The minimum Gasteiger partial charge on any atom is -0.466 e. The molecule has 0 bridgehead atoms. The second-order valence-electron chi connectivity index (χ2n) is 16.0. The second kappa shape index (κ2) is 23.9. The van der Waals surface area contributed by atoms with Gasteiger partial charge in [-0.25, -0.2) is 15.0 Å². The van der Waals surface area contributed by atoms with Crippen molar-refractivity contribution in [3.05, 3.63) is 131 Å². The lowest BCUT2D eigenvalue weighted by atomic mass is 9.84. The van der Waals surface area contributed by atoms with Crippen molar-refractivity contribution in [2.45, 2.75) is 91.9 Å². The molecule has 2 aromatic carbocycles. The van der Waals surface area contributed by atoms with E-state index in [1.165, 1.54) is 24.2 Å². The molecule has 0 aliphatic carbocycles. The number of pyridine rings is 2. The van der Waals surface area contributed by atoms with Gasteiger partial charge in [0.1, 0.15) is 0 Å². The first-order valence-corrected chi connectivity index (χ1v) is 22.6. The molecule has 0 unspecified atom stereocenters. The number of carbonyl (C=O) groups excluding carboxylic acids is 2. The maximum absolute atomic E-state index is 12.1. The zero-order valence-electron chi connectivity index (χ0n) is 37.5. The van der Waals surface area contributed by atoms with E-state index in [4.69, 9.17) is 29.9 Å². The van der Waals surface area contributed by atoms with Crippen LogP contribution in [0.25, 0.3) is 20.9 Å². The Morgan fingerprint density at radius 3 is 1.54 bits per heavy atom. The number of anilines is 1. The van der Waals surface area contributed by atoms with E-state index in [9.17, 15) is 9.59 Å². The van der Waals surface area contributed by atoms with Gasteiger partial charge in [-0.2, -0.15) is 0 Å². The van der Waals surface area contributed by atoms with Crippen molar-refractivity contribution in [2.75, 3.05) is 32.2 Å². The molecular weight excluding hydrogens is 852 g/mol. The molecule has 1 aliphatic rings. The lowest BCUT2D eigenvalue weighted by molar-refractivity contribution is -0.145. The molecule has 0 spiro atoms. The summed E-state index contributed by atoms with van der Waals surface area (Å²) in [5, 5.41) is 1.25. The molecule has 14 heteroatoms. The fourth-order valence-corrected chi connectivity index (χ4v) is 8.46. The SMILES string of the molecule is C1CCOC1.CCOC(=O)CC(C)(C)c1cc(-c2sc(N)nc2C)ccn1.CCOC(=O)CC(C)(C)c1cc(-c2sc(N=C(c3ccccc3)c3ccccc3)nc2C)ccn1.Cl. The molecular formula is C49H59ClN6O5S2. The highest BCUT2D eigenvalue weighted by Gasteiger charge is 2.28. The summed E-state index contributed by atoms with van der Waals surface area (Å²) in [5.74, 6) is -0.428. The Morgan fingerprint density at radius 2 is 1.14 bits per heavy atom. The number of nitrogen functional groups attached to an aromatic ring is 1. The Kier molecular flexibility index (Phi) is 19.1. The highest BCUT2D eigenvalue weighted by molar-refractivity contribution is 7.19. The predicted molar refractivity (Wildman–Crippen MR) is 259 cm³/mol. The van der Waals surface area contributed by atoms with Crippen LogP contribution in [0, 0.1) is 13.8 Å². The van der Waals surface area contributed by atoms with Gasteiger partial charge in [0.15, 0.2) is 5.13 Å². The van der Waals surface area contributed by atoms with Crippen LogP contribution >= 0.6 is 35.1 Å². The second-order valence-corrected chi connectivity index (χ2v) is 18.0. The van der Waals surface area contributed by atoms with E-state index in [0.29, 0.717) is 29.9 Å². The summed E-state index contributed by atoms with van der Waals surface area (Å²) >= 11 is 3.01. The predicted octanol–water partition coefficient (Wildman–Crippen LogP) is 11.5. The van der Waals surface area contributed by atoms with Gasteiger partial charge in [-0.15, -0.1) is 12.4 Å². The quantitative estimate of drug-likeness (QED) is 0.0875. The normalized spacial score (nSPS) is 12.1. The Labute approximate surface area is 386 Å². The molecule has 2 N–H and O–H groups in total. The zero-order chi connectivity index (χ0) is 44.7. The van der Waals surface area contributed by atoms with Crippen LogP contribution in [0.15, 0.2) is 102 Å². The molecule has 0 atom stereocenters. The monoisotopic (exact) mass is 910 g/mol. The van der Waals surface area contributed by atoms with E-state index < -0.39 is 10.8 Å². The maximum atomic E-state index is 12.1. The van der Waals surface area contributed by atoms with Gasteiger partial charge < -0.3 is 19.9 Å². The molecule has 5 heterocycles. The smallest absolute Gasteiger partial charge is 0.306 e. The first kappa shape index (κ1) is 50.3. The Balaban J connectivity index is 0.000000265. The number of carbonyl (C=O) groups is 2. The van der Waals surface area contributed by atoms with Crippen LogP contribution in [-0.4, -0.2) is 64.0 Å². The fourth-order valence-electron chi connectivity index (χ4n) is 6.69. The average molecular weight is 912 g/mol. The molecule has 1 fully saturated rings. The third kappa shape index (κ3) is 14.6. The Bertz CT molecular complexity index is 2360. The number of ether oxygens (including phenoxy) is 3. The molecule has 6 aromatic rings. The van der Waals surface area contributed by atoms with Crippen LogP contribution in [0.4, 0.5) is 10.3 Å². The Morgan fingerprint density at radius 1 is 0.698 bits per heavy atom. The third-order valence-electron chi connectivity index (χ3n) is 9.94. The zero-order valence-corrected chi connectivity index (χ0v) is 39.9. The summed E-state index contributed by atoms with van der Waals surface area (Å²) in [5.41, 5.74) is 13.4. The van der Waals surface area contributed by atoms with Gasteiger partial charge in [0.25, 0.3) is 0 Å². The average Bonchev–Trinajstić information content (AvgIpc) is 4.03. The number of nitrogens with two attached hydrogens (primary N) is 1. The molecule has 4 aromatic heterocycles. The summed E-state index contributed by atoms with van der Waals surface area (Å²) in [7, 11) is 0. The minimum atomic E-state index is -0.449. The van der Waals surface area contributed by atoms with E-state index in [-0.39, 0.29) is 30.8 Å². The highest BCUT2D eigenvalue weighted by atomic mass is 35.5. The van der Waals surface area contributed by atoms with Crippen molar-refractivity contribution in [1.82, 2.24) is 19.9 Å². The molecule has 11 nitrogen and oxygen atoms in total. The van der Waals surface area contributed by atoms with E-state index in [2.05, 4.69) is 39.2 Å². The maximum Gasteiger partial charge on any atom is 0.306 e. The van der Waals surface area contributed by atoms with Gasteiger partial charge in [0.2, 0.25) is 5.13 Å². The summed E-state index contributed by atoms with van der Waals surface area (Å²) in [6, 6.07) is 28.3. The molecule has 1 saturated heterocycles.